The van der Waals surface area contributed by atoms with E-state index in [0.717, 1.165) is 11.2 Å². The molecule has 0 fully saturated rings. The minimum absolute atomic E-state index is 1.03. The van der Waals surface area contributed by atoms with Crippen LogP contribution < -0.4 is 98.3 Å². The number of rotatable bonds is 2. The molecule has 0 aliphatic rings. The van der Waals surface area contributed by atoms with Crippen LogP contribution in [0.3, 0.4) is 0 Å². The third-order valence-electron chi connectivity index (χ3n) is 14.4. The van der Waals surface area contributed by atoms with Crippen LogP contribution in [-0.2, 0) is 0 Å². The monoisotopic (exact) mass is 639 g/mol. The number of aryl methyl sites for hydroxylation is 1. The van der Waals surface area contributed by atoms with Gasteiger partial charge in [-0.15, -0.1) is 21.9 Å². The van der Waals surface area contributed by atoms with Crippen molar-refractivity contribution in [3.05, 3.63) is 5.56 Å². The van der Waals surface area contributed by atoms with Crippen molar-refractivity contribution < 1.29 is 4.42 Å². The number of fused-ring (bicyclic) bond motifs is 6. The van der Waals surface area contributed by atoms with Crippen molar-refractivity contribution >= 4 is 283 Å². The standard InChI is InChI=1S/C31H39B18NO/c1-2-3-8-15(38)29(24(47)26(49)31(8)51-30(3)25(48)16(39)9(2)32)50-27-6(7-14(37)19(42)21(44)23(46)28(7)50)10(33)4(13(36)22(27)45)5-11(34)17(40)20(43)18(41)12(5)35/h32-49H2,1H3. The molecule has 0 aliphatic heterocycles. The zero-order valence-electron chi connectivity index (χ0n) is 34.9. The van der Waals surface area contributed by atoms with E-state index in [4.69, 9.17) is 4.42 Å². The summed E-state index contributed by atoms with van der Waals surface area (Å²) in [6.45, 7) is 2.28. The van der Waals surface area contributed by atoms with Crippen molar-refractivity contribution in [1.29, 1.82) is 0 Å². The van der Waals surface area contributed by atoms with Gasteiger partial charge in [-0.1, -0.05) is 76.5 Å². The van der Waals surface area contributed by atoms with Crippen LogP contribution in [0.1, 0.15) is 5.56 Å². The summed E-state index contributed by atoms with van der Waals surface area (Å²) in [5.41, 5.74) is 34.6. The molecule has 20 heteroatoms. The van der Waals surface area contributed by atoms with Gasteiger partial charge in [0.25, 0.3) is 0 Å². The van der Waals surface area contributed by atoms with Crippen LogP contribution >= 0.6 is 0 Å². The fraction of sp³-hybridized carbons (Fsp3) is 0.0323. The predicted molar refractivity (Wildman–Crippen MR) is 285 cm³/mol. The van der Waals surface area contributed by atoms with E-state index in [-0.39, 0.29) is 0 Å². The van der Waals surface area contributed by atoms with E-state index in [2.05, 4.69) is 153 Å². The number of aromatic nitrogens is 1. The van der Waals surface area contributed by atoms with E-state index >= 15 is 0 Å². The summed E-state index contributed by atoms with van der Waals surface area (Å²) < 4.78 is 9.57. The van der Waals surface area contributed by atoms with Crippen molar-refractivity contribution in [2.24, 2.45) is 0 Å². The third-order valence-corrected chi connectivity index (χ3v) is 14.4. The highest BCUT2D eigenvalue weighted by Crippen LogP contribution is 2.31. The lowest BCUT2D eigenvalue weighted by atomic mass is 9.57. The second-order valence-electron chi connectivity index (χ2n) is 16.3. The Morgan fingerprint density at radius 1 is 0.314 bits per heavy atom. The maximum Gasteiger partial charge on any atom is 0.143 e. The molecule has 0 aliphatic carbocycles. The Morgan fingerprint density at radius 3 is 1.25 bits per heavy atom. The Morgan fingerprint density at radius 2 is 0.686 bits per heavy atom. The van der Waals surface area contributed by atoms with Crippen LogP contribution in [-0.4, -0.2) is 146 Å². The molecule has 0 spiro atoms. The Kier molecular flexibility index (Phi) is 8.49. The zero-order chi connectivity index (χ0) is 37.6. The first-order valence-corrected chi connectivity index (χ1v) is 18.8. The third kappa shape index (κ3) is 4.50. The molecule has 0 unspecified atom stereocenters. The van der Waals surface area contributed by atoms with Gasteiger partial charge >= 0.3 is 0 Å². The molecule has 7 aromatic rings. The van der Waals surface area contributed by atoms with Gasteiger partial charge in [0.15, 0.2) is 0 Å². The molecule has 7 rings (SSSR count). The molecular formula is C31H39B18NO. The van der Waals surface area contributed by atoms with Gasteiger partial charge in [-0.3, -0.25) is 0 Å². The van der Waals surface area contributed by atoms with Crippen molar-refractivity contribution in [2.75, 3.05) is 0 Å². The van der Waals surface area contributed by atoms with Crippen LogP contribution in [0.4, 0.5) is 0 Å². The summed E-state index contributed by atoms with van der Waals surface area (Å²) in [7, 11) is 41.7. The molecule has 5 aromatic carbocycles. The maximum absolute atomic E-state index is 6.88. The summed E-state index contributed by atoms with van der Waals surface area (Å²) in [5, 5.41) is 5.33. The lowest BCUT2D eigenvalue weighted by Crippen LogP contribution is -2.56. The number of nitrogens with zero attached hydrogens (tertiary/aromatic N) is 1. The van der Waals surface area contributed by atoms with Gasteiger partial charge < -0.3 is 8.98 Å². The highest BCUT2D eigenvalue weighted by molar-refractivity contribution is 6.73. The van der Waals surface area contributed by atoms with Gasteiger partial charge in [0, 0.05) is 32.9 Å². The largest absolute Gasteiger partial charge is 0.457 e. The fourth-order valence-electron chi connectivity index (χ4n) is 9.86. The van der Waals surface area contributed by atoms with E-state index in [9.17, 15) is 0 Å². The Balaban J connectivity index is 1.79. The topological polar surface area (TPSA) is 18.1 Å². The van der Waals surface area contributed by atoms with Crippen molar-refractivity contribution in [1.82, 2.24) is 4.57 Å². The Bertz CT molecular complexity index is 2770. The van der Waals surface area contributed by atoms with Gasteiger partial charge in [0.1, 0.15) is 152 Å². The molecule has 0 N–H and O–H groups in total. The average Bonchev–Trinajstić information content (AvgIpc) is 3.68. The minimum atomic E-state index is 1.03. The van der Waals surface area contributed by atoms with E-state index < -0.39 is 0 Å². The van der Waals surface area contributed by atoms with Crippen LogP contribution in [0.15, 0.2) is 4.42 Å². The van der Waals surface area contributed by atoms with Crippen LogP contribution in [0, 0.1) is 6.92 Å². The molecule has 0 bridgehead atoms. The van der Waals surface area contributed by atoms with Gasteiger partial charge in [-0.05, 0) is 29.0 Å². The second kappa shape index (κ2) is 11.9. The first-order chi connectivity index (χ1) is 23.8. The maximum atomic E-state index is 6.88. The van der Waals surface area contributed by atoms with Gasteiger partial charge in [0.05, 0.1) is 0 Å². The highest BCUT2D eigenvalue weighted by Gasteiger charge is 2.29. The summed E-state index contributed by atoms with van der Waals surface area (Å²) in [4.78, 5) is 0. The van der Waals surface area contributed by atoms with Crippen LogP contribution in [0.25, 0.3) is 60.6 Å². The van der Waals surface area contributed by atoms with E-state index in [1.807, 2.05) is 0 Å². The summed E-state index contributed by atoms with van der Waals surface area (Å²) in [5.74, 6) is 0. The van der Waals surface area contributed by atoms with Crippen molar-refractivity contribution in [2.45, 2.75) is 6.92 Å². The smallest absolute Gasteiger partial charge is 0.143 e. The minimum Gasteiger partial charge on any atom is -0.457 e. The Hall–Kier alpha value is -3.13. The lowest BCUT2D eigenvalue weighted by Gasteiger charge is -2.26. The van der Waals surface area contributed by atoms with E-state index in [1.165, 1.54) is 153 Å². The van der Waals surface area contributed by atoms with Gasteiger partial charge in [-0.25, -0.2) is 0 Å². The van der Waals surface area contributed by atoms with Crippen molar-refractivity contribution in [3.63, 3.8) is 0 Å². The number of hydrogen-bond donors (Lipinski definition) is 0. The first-order valence-electron chi connectivity index (χ1n) is 18.8. The number of benzene rings is 5. The Labute approximate surface area is 320 Å². The summed E-state index contributed by atoms with van der Waals surface area (Å²) in [6.07, 6.45) is 0. The zero-order valence-corrected chi connectivity index (χ0v) is 34.9. The predicted octanol–water partition coefficient (Wildman–Crippen LogP) is -22.7. The SMILES string of the molecule is Bc1c(B)c(B)c(-c2c(B)c(B)c3c(c2B)c2c(B)c(B)c(B)c(B)c2n3-c2c(B)c(B)c3oc4c(B)c(B)c(B)c(C)c4c3c2B)c(B)c1B. The molecule has 0 radical (unpaired) electrons. The first kappa shape index (κ1) is 36.2. The molecule has 2 nitrogen and oxygen atoms in total. The summed E-state index contributed by atoms with van der Waals surface area (Å²) >= 11 is 0. The van der Waals surface area contributed by atoms with E-state index in [0.29, 0.717) is 0 Å². The molecule has 0 saturated carbocycles. The molecule has 0 saturated heterocycles. The van der Waals surface area contributed by atoms with E-state index in [1.54, 1.807) is 0 Å². The molecule has 228 valence electrons. The number of furan rings is 1. The summed E-state index contributed by atoms with van der Waals surface area (Å²) in [6, 6.07) is 0. The van der Waals surface area contributed by atoms with Crippen LogP contribution in [0.5, 0.6) is 0 Å². The molecule has 2 heterocycles. The van der Waals surface area contributed by atoms with Crippen molar-refractivity contribution in [3.8, 4) is 16.8 Å². The average molecular weight is 636 g/mol. The quantitative estimate of drug-likeness (QED) is 0.173. The normalized spacial score (nSPS) is 11.9. The second-order valence-corrected chi connectivity index (χ2v) is 16.3. The highest BCUT2D eigenvalue weighted by atomic mass is 16.3. The lowest BCUT2D eigenvalue weighted by molar-refractivity contribution is 0.674. The van der Waals surface area contributed by atoms with Gasteiger partial charge in [0.2, 0.25) is 0 Å². The fourth-order valence-corrected chi connectivity index (χ4v) is 9.86. The number of hydrogen-bond acceptors (Lipinski definition) is 1. The van der Waals surface area contributed by atoms with Gasteiger partial charge in [-0.2, -0.15) is 0 Å². The molecule has 2 aromatic heterocycles. The molecule has 0 amide bonds. The van der Waals surface area contributed by atoms with Crippen LogP contribution in [0.2, 0.25) is 0 Å². The molecule has 51 heavy (non-hydrogen) atoms. The molecule has 0 atom stereocenters. The molecular weight excluding hydrogens is 597 g/mol.